The molecule has 2 aliphatic heterocycles. The van der Waals surface area contributed by atoms with E-state index in [0.717, 1.165) is 19.5 Å². The zero-order chi connectivity index (χ0) is 19.5. The lowest BCUT2D eigenvalue weighted by molar-refractivity contribution is -0.135. The molecule has 26 heavy (non-hydrogen) atoms. The monoisotopic (exact) mass is 364 g/mol. The Morgan fingerprint density at radius 3 is 2.42 bits per heavy atom. The molecule has 0 aromatic carbocycles. The van der Waals surface area contributed by atoms with Crippen LogP contribution in [0.2, 0.25) is 0 Å². The first-order valence-electron chi connectivity index (χ1n) is 9.65. The third-order valence-electron chi connectivity index (χ3n) is 5.21. The van der Waals surface area contributed by atoms with E-state index in [9.17, 15) is 14.9 Å². The van der Waals surface area contributed by atoms with E-state index in [1.165, 1.54) is 0 Å². The van der Waals surface area contributed by atoms with Gasteiger partial charge >= 0.3 is 6.09 Å². The number of hydrogen-bond acceptors (Lipinski definition) is 5. The number of ether oxygens (including phenoxy) is 1. The second-order valence-corrected chi connectivity index (χ2v) is 8.08. The molecule has 0 spiro atoms. The summed E-state index contributed by atoms with van der Waals surface area (Å²) in [4.78, 5) is 31.4. The molecule has 2 rings (SSSR count). The van der Waals surface area contributed by atoms with Crippen molar-refractivity contribution in [2.75, 3.05) is 26.2 Å². The molecular weight excluding hydrogens is 332 g/mol. The zero-order valence-electron chi connectivity index (χ0n) is 16.7. The molecule has 2 amide bonds. The van der Waals surface area contributed by atoms with Crippen LogP contribution in [0.4, 0.5) is 4.79 Å². The molecule has 2 heterocycles. The van der Waals surface area contributed by atoms with Crippen LogP contribution in [0.5, 0.6) is 0 Å². The molecule has 0 aromatic heterocycles. The van der Waals surface area contributed by atoms with E-state index in [1.54, 1.807) is 9.80 Å². The fourth-order valence-electron chi connectivity index (χ4n) is 3.93. The molecule has 2 fully saturated rings. The van der Waals surface area contributed by atoms with E-state index in [0.29, 0.717) is 25.9 Å². The second kappa shape index (κ2) is 8.26. The van der Waals surface area contributed by atoms with Gasteiger partial charge < -0.3 is 9.64 Å². The van der Waals surface area contributed by atoms with Gasteiger partial charge in [0.2, 0.25) is 5.91 Å². The van der Waals surface area contributed by atoms with Crippen molar-refractivity contribution >= 4 is 12.0 Å². The van der Waals surface area contributed by atoms with Gasteiger partial charge in [0, 0.05) is 19.1 Å². The van der Waals surface area contributed by atoms with E-state index in [1.807, 2.05) is 20.8 Å². The summed E-state index contributed by atoms with van der Waals surface area (Å²) in [5.74, 6) is -0.116. The van der Waals surface area contributed by atoms with Gasteiger partial charge in [-0.1, -0.05) is 13.8 Å². The van der Waals surface area contributed by atoms with E-state index >= 15 is 0 Å². The van der Waals surface area contributed by atoms with Crippen LogP contribution in [-0.2, 0) is 9.53 Å². The van der Waals surface area contributed by atoms with Gasteiger partial charge in [0.05, 0.1) is 6.07 Å². The van der Waals surface area contributed by atoms with Crippen LogP contribution in [0.25, 0.3) is 0 Å². The molecule has 2 saturated heterocycles. The summed E-state index contributed by atoms with van der Waals surface area (Å²) in [5, 5.41) is 9.32. The summed E-state index contributed by atoms with van der Waals surface area (Å²) in [7, 11) is 0. The molecule has 7 heteroatoms. The van der Waals surface area contributed by atoms with Gasteiger partial charge in [0.15, 0.2) is 0 Å². The number of hydrogen-bond donors (Lipinski definition) is 0. The predicted octanol–water partition coefficient (Wildman–Crippen LogP) is 2.22. The van der Waals surface area contributed by atoms with Crippen LogP contribution < -0.4 is 0 Å². The van der Waals surface area contributed by atoms with Crippen LogP contribution in [-0.4, -0.2) is 76.6 Å². The summed E-state index contributed by atoms with van der Waals surface area (Å²) in [6.07, 6.45) is 1.69. The number of amides is 2. The Hall–Kier alpha value is -1.81. The summed E-state index contributed by atoms with van der Waals surface area (Å²) < 4.78 is 5.55. The largest absolute Gasteiger partial charge is 0.444 e. The summed E-state index contributed by atoms with van der Waals surface area (Å²) in [6, 6.07) is 1.42. The van der Waals surface area contributed by atoms with Crippen LogP contribution in [0, 0.1) is 11.3 Å². The number of likely N-dealkylation sites (N-methyl/N-ethyl adjacent to an activating group) is 1. The number of nitrogens with zero attached hydrogens (tertiary/aromatic N) is 4. The van der Waals surface area contributed by atoms with E-state index in [2.05, 4.69) is 24.8 Å². The maximum absolute atomic E-state index is 13.1. The summed E-state index contributed by atoms with van der Waals surface area (Å²) in [6.45, 7) is 12.5. The molecule has 3 atom stereocenters. The Morgan fingerprint density at radius 1 is 1.23 bits per heavy atom. The second-order valence-electron chi connectivity index (χ2n) is 8.08. The van der Waals surface area contributed by atoms with Crippen LogP contribution >= 0.6 is 0 Å². The maximum Gasteiger partial charge on any atom is 0.411 e. The molecule has 0 aliphatic carbocycles. The van der Waals surface area contributed by atoms with Crippen molar-refractivity contribution in [3.05, 3.63) is 0 Å². The van der Waals surface area contributed by atoms with E-state index < -0.39 is 17.7 Å². The Balaban J connectivity index is 2.22. The number of carbonyl (C=O) groups is 2. The van der Waals surface area contributed by atoms with Gasteiger partial charge in [-0.15, -0.1) is 0 Å². The minimum absolute atomic E-state index is 0.116. The van der Waals surface area contributed by atoms with Gasteiger partial charge in [-0.25, -0.2) is 4.79 Å². The zero-order valence-corrected chi connectivity index (χ0v) is 16.7. The fraction of sp³-hybridized carbons (Fsp3) is 0.842. The average molecular weight is 364 g/mol. The average Bonchev–Trinajstić information content (AvgIpc) is 3.20. The third-order valence-corrected chi connectivity index (χ3v) is 5.21. The van der Waals surface area contributed by atoms with Crippen LogP contribution in [0.15, 0.2) is 0 Å². The van der Waals surface area contributed by atoms with Crippen molar-refractivity contribution in [2.45, 2.75) is 77.6 Å². The SMILES string of the molecule is CCN(CC)[C@H]1C[C@@H](C(=O)N2CCC[C@H]2C#N)N(C(=O)OC(C)(C)C)C1. The molecule has 7 nitrogen and oxygen atoms in total. The molecule has 0 radical (unpaired) electrons. The highest BCUT2D eigenvalue weighted by atomic mass is 16.6. The highest BCUT2D eigenvalue weighted by Gasteiger charge is 2.46. The smallest absolute Gasteiger partial charge is 0.411 e. The van der Waals surface area contributed by atoms with Crippen molar-refractivity contribution < 1.29 is 14.3 Å². The molecule has 0 bridgehead atoms. The third kappa shape index (κ3) is 4.47. The van der Waals surface area contributed by atoms with E-state index in [-0.39, 0.29) is 18.0 Å². The minimum Gasteiger partial charge on any atom is -0.444 e. The lowest BCUT2D eigenvalue weighted by Gasteiger charge is -2.31. The number of likely N-dealkylation sites (tertiary alicyclic amines) is 2. The normalized spacial score (nSPS) is 26.3. The minimum atomic E-state index is -0.610. The first-order valence-corrected chi connectivity index (χ1v) is 9.65. The Kier molecular flexibility index (Phi) is 6.51. The van der Waals surface area contributed by atoms with Crippen molar-refractivity contribution in [3.8, 4) is 6.07 Å². The van der Waals surface area contributed by atoms with Gasteiger partial charge in [0.1, 0.15) is 17.7 Å². The van der Waals surface area contributed by atoms with Crippen LogP contribution in [0.1, 0.15) is 53.9 Å². The lowest BCUT2D eigenvalue weighted by Crippen LogP contribution is -2.50. The standard InChI is InChI=1S/C19H32N4O3/c1-6-21(7-2)15-11-16(17(24)22-10-8-9-14(22)12-20)23(13-15)18(25)26-19(3,4)5/h14-16H,6-11,13H2,1-5H3/t14-,15-,16-/m0/s1. The van der Waals surface area contributed by atoms with Crippen molar-refractivity contribution in [1.82, 2.24) is 14.7 Å². The Morgan fingerprint density at radius 2 is 1.88 bits per heavy atom. The summed E-state index contributed by atoms with van der Waals surface area (Å²) >= 11 is 0. The molecule has 146 valence electrons. The topological polar surface area (TPSA) is 76.9 Å². The maximum atomic E-state index is 13.1. The van der Waals surface area contributed by atoms with Crippen molar-refractivity contribution in [2.24, 2.45) is 0 Å². The molecule has 0 saturated carbocycles. The first-order chi connectivity index (χ1) is 12.2. The predicted molar refractivity (Wildman–Crippen MR) is 98.4 cm³/mol. The highest BCUT2D eigenvalue weighted by Crippen LogP contribution is 2.28. The molecule has 2 aliphatic rings. The lowest BCUT2D eigenvalue weighted by atomic mass is 10.1. The quantitative estimate of drug-likeness (QED) is 0.764. The van der Waals surface area contributed by atoms with Crippen molar-refractivity contribution in [1.29, 1.82) is 5.26 Å². The molecule has 0 aromatic rings. The first kappa shape index (κ1) is 20.5. The van der Waals surface area contributed by atoms with E-state index in [4.69, 9.17) is 4.74 Å². The van der Waals surface area contributed by atoms with Gasteiger partial charge in [-0.2, -0.15) is 5.26 Å². The van der Waals surface area contributed by atoms with Gasteiger partial charge in [-0.05, 0) is 53.1 Å². The highest BCUT2D eigenvalue weighted by molar-refractivity contribution is 5.87. The molecular formula is C19H32N4O3. The number of rotatable bonds is 4. The number of carbonyl (C=O) groups excluding carboxylic acids is 2. The Labute approximate surface area is 156 Å². The van der Waals surface area contributed by atoms with Gasteiger partial charge in [0.25, 0.3) is 0 Å². The van der Waals surface area contributed by atoms with Crippen molar-refractivity contribution in [3.63, 3.8) is 0 Å². The molecule has 0 unspecified atom stereocenters. The number of nitriles is 1. The Bertz CT molecular complexity index is 562. The van der Waals surface area contributed by atoms with Crippen LogP contribution in [0.3, 0.4) is 0 Å². The molecule has 0 N–H and O–H groups in total. The fourth-order valence-corrected chi connectivity index (χ4v) is 3.93. The summed E-state index contributed by atoms with van der Waals surface area (Å²) in [5.41, 5.74) is -0.610. The van der Waals surface area contributed by atoms with Gasteiger partial charge in [-0.3, -0.25) is 14.6 Å².